The molecular weight excluding hydrogens is 558 g/mol. The van der Waals surface area contributed by atoms with Crippen molar-refractivity contribution in [2.45, 2.75) is 39.5 Å². The smallest absolute Gasteiger partial charge is 0.291 e. The van der Waals surface area contributed by atoms with E-state index < -0.39 is 0 Å². The first-order chi connectivity index (χ1) is 21.1. The van der Waals surface area contributed by atoms with E-state index in [1.165, 1.54) is 15.9 Å². The predicted octanol–water partition coefficient (Wildman–Crippen LogP) is 6.58. The lowest BCUT2D eigenvalue weighted by Gasteiger charge is -2.05. The van der Waals surface area contributed by atoms with Crippen molar-refractivity contribution in [3.8, 4) is 39.8 Å². The van der Waals surface area contributed by atoms with Crippen LogP contribution in [-0.2, 0) is 0 Å². The van der Waals surface area contributed by atoms with Gasteiger partial charge >= 0.3 is 0 Å². The predicted molar refractivity (Wildman–Crippen MR) is 171 cm³/mol. The summed E-state index contributed by atoms with van der Waals surface area (Å²) in [6.45, 7) is 5.63. The van der Waals surface area contributed by atoms with Gasteiger partial charge in [-0.15, -0.1) is 5.10 Å². The van der Waals surface area contributed by atoms with Gasteiger partial charge in [-0.25, -0.2) is 4.68 Å². The lowest BCUT2D eigenvalue weighted by Crippen LogP contribution is -2.23. The number of para-hydroxylation sites is 1. The van der Waals surface area contributed by atoms with Gasteiger partial charge < -0.3 is 9.47 Å². The fraction of sp³-hybridized carbons (Fsp3) is 0.235. The minimum absolute atomic E-state index is 0.212. The first-order valence-electron chi connectivity index (χ1n) is 14.7. The maximum Gasteiger partial charge on any atom is 0.291 e. The Kier molecular flexibility index (Phi) is 8.60. The number of aromatic nitrogens is 5. The van der Waals surface area contributed by atoms with Crippen LogP contribution in [0.2, 0.25) is 0 Å². The van der Waals surface area contributed by atoms with Gasteiger partial charge in [0.25, 0.3) is 5.56 Å². The molecule has 43 heavy (non-hydrogen) atoms. The summed E-state index contributed by atoms with van der Waals surface area (Å²) in [6.07, 6.45) is 8.12. The molecule has 8 nitrogen and oxygen atoms in total. The van der Waals surface area contributed by atoms with Crippen LogP contribution in [0.15, 0.2) is 89.9 Å². The number of hydrogen-bond donors (Lipinski definition) is 0. The first-order valence-corrected chi connectivity index (χ1v) is 15.5. The lowest BCUT2D eigenvalue weighted by molar-refractivity contribution is 0.306. The Balaban J connectivity index is 1.32. The number of fused-ring (bicyclic) bond motifs is 1. The first kappa shape index (κ1) is 28.4. The van der Waals surface area contributed by atoms with Crippen LogP contribution in [0.25, 0.3) is 39.4 Å². The molecule has 6 aromatic rings. The van der Waals surface area contributed by atoms with Gasteiger partial charge in [-0.05, 0) is 79.6 Å². The van der Waals surface area contributed by atoms with Crippen LogP contribution < -0.4 is 19.6 Å². The second kappa shape index (κ2) is 13.0. The molecule has 0 bridgehead atoms. The zero-order chi connectivity index (χ0) is 29.6. The summed E-state index contributed by atoms with van der Waals surface area (Å²) in [5.41, 5.74) is 4.07. The van der Waals surface area contributed by atoms with Crippen molar-refractivity contribution >= 4 is 22.4 Å². The number of thiazole rings is 1. The zero-order valence-corrected chi connectivity index (χ0v) is 25.1. The van der Waals surface area contributed by atoms with E-state index in [0.717, 1.165) is 65.3 Å². The van der Waals surface area contributed by atoms with E-state index in [4.69, 9.17) is 14.6 Å². The molecule has 218 valence electrons. The minimum atomic E-state index is -0.212. The van der Waals surface area contributed by atoms with Crippen molar-refractivity contribution in [3.05, 3.63) is 106 Å². The van der Waals surface area contributed by atoms with E-state index in [0.29, 0.717) is 28.5 Å². The van der Waals surface area contributed by atoms with Crippen molar-refractivity contribution < 1.29 is 9.47 Å². The quantitative estimate of drug-likeness (QED) is 0.150. The molecule has 6 rings (SSSR count). The van der Waals surface area contributed by atoms with E-state index in [1.807, 2.05) is 95.8 Å². The van der Waals surface area contributed by atoms with Crippen molar-refractivity contribution in [2.24, 2.45) is 0 Å². The van der Waals surface area contributed by atoms with Crippen molar-refractivity contribution in [2.75, 3.05) is 13.2 Å². The fourth-order valence-corrected chi connectivity index (χ4v) is 5.60. The Bertz CT molecular complexity index is 1910. The van der Waals surface area contributed by atoms with E-state index >= 15 is 0 Å². The molecule has 3 heterocycles. The summed E-state index contributed by atoms with van der Waals surface area (Å²) in [6, 6.07) is 25.5. The van der Waals surface area contributed by atoms with Gasteiger partial charge in [0.15, 0.2) is 5.82 Å². The van der Waals surface area contributed by atoms with Crippen LogP contribution >= 0.6 is 11.3 Å². The molecule has 3 aromatic heterocycles. The highest BCUT2D eigenvalue weighted by Crippen LogP contribution is 2.27. The summed E-state index contributed by atoms with van der Waals surface area (Å²) >= 11 is 1.31. The molecule has 0 saturated heterocycles. The summed E-state index contributed by atoms with van der Waals surface area (Å²) in [7, 11) is 0. The van der Waals surface area contributed by atoms with Crippen LogP contribution in [0.4, 0.5) is 0 Å². The molecule has 0 fully saturated rings. The SMILES string of the molecule is CCCCCOc1ccc(-c2nc3sc(=Cc4cn(-c5ccccc5)nc4-c4ccc(OCCC)cc4)c(=O)n3n2)cc1. The van der Waals surface area contributed by atoms with Crippen molar-refractivity contribution in [3.63, 3.8) is 0 Å². The van der Waals surface area contributed by atoms with Gasteiger partial charge in [-0.3, -0.25) is 4.79 Å². The second-order valence-electron chi connectivity index (χ2n) is 10.2. The summed E-state index contributed by atoms with van der Waals surface area (Å²) in [4.78, 5) is 18.7. The standard InChI is InChI=1S/C34H33N5O3S/c1-3-5-9-21-42-29-18-14-25(15-19-29)32-35-34-39(37-32)33(40)30(43-34)22-26-23-38(27-10-7-6-8-11-27)36-31(26)24-12-16-28(17-13-24)41-20-4-2/h6-8,10-19,22-23H,3-5,9,20-21H2,1-2H3. The zero-order valence-electron chi connectivity index (χ0n) is 24.3. The number of unbranched alkanes of at least 4 members (excludes halogenated alkanes) is 2. The van der Waals surface area contributed by atoms with Crippen LogP contribution in [0, 0.1) is 0 Å². The lowest BCUT2D eigenvalue weighted by atomic mass is 10.1. The van der Waals surface area contributed by atoms with Gasteiger partial charge in [-0.2, -0.15) is 14.6 Å². The van der Waals surface area contributed by atoms with E-state index in [9.17, 15) is 4.79 Å². The molecule has 3 aromatic carbocycles. The van der Waals surface area contributed by atoms with Crippen LogP contribution in [0.5, 0.6) is 11.5 Å². The number of ether oxygens (including phenoxy) is 2. The maximum atomic E-state index is 13.4. The Morgan fingerprint density at radius 1 is 0.791 bits per heavy atom. The number of rotatable bonds is 12. The highest BCUT2D eigenvalue weighted by Gasteiger charge is 2.15. The third-order valence-corrected chi connectivity index (χ3v) is 7.92. The Labute approximate surface area is 253 Å². The molecule has 0 aliphatic carbocycles. The summed E-state index contributed by atoms with van der Waals surface area (Å²) < 4.78 is 15.3. The topological polar surface area (TPSA) is 83.5 Å². The second-order valence-corrected chi connectivity index (χ2v) is 11.2. The number of hydrogen-bond acceptors (Lipinski definition) is 7. The van der Waals surface area contributed by atoms with Crippen LogP contribution in [-0.4, -0.2) is 37.6 Å². The third kappa shape index (κ3) is 6.36. The monoisotopic (exact) mass is 591 g/mol. The van der Waals surface area contributed by atoms with E-state index in [1.54, 1.807) is 0 Å². The highest BCUT2D eigenvalue weighted by molar-refractivity contribution is 7.15. The molecule has 0 amide bonds. The van der Waals surface area contributed by atoms with Crippen molar-refractivity contribution in [1.82, 2.24) is 24.4 Å². The normalized spacial score (nSPS) is 11.8. The van der Waals surface area contributed by atoms with Gasteiger partial charge in [0.1, 0.15) is 17.2 Å². The van der Waals surface area contributed by atoms with Gasteiger partial charge in [-0.1, -0.05) is 56.2 Å². The fourth-order valence-electron chi connectivity index (χ4n) is 4.70. The Morgan fingerprint density at radius 2 is 1.49 bits per heavy atom. The van der Waals surface area contributed by atoms with Gasteiger partial charge in [0, 0.05) is 22.9 Å². The molecule has 0 spiro atoms. The molecule has 9 heteroatoms. The van der Waals surface area contributed by atoms with E-state index in [2.05, 4.69) is 23.9 Å². The van der Waals surface area contributed by atoms with Gasteiger partial charge in [0.2, 0.25) is 4.96 Å². The molecule has 0 radical (unpaired) electrons. The number of benzene rings is 3. The highest BCUT2D eigenvalue weighted by atomic mass is 32.1. The Hall–Kier alpha value is -4.76. The van der Waals surface area contributed by atoms with Gasteiger partial charge in [0.05, 0.1) is 23.4 Å². The van der Waals surface area contributed by atoms with Crippen molar-refractivity contribution in [1.29, 1.82) is 0 Å². The molecule has 0 N–H and O–H groups in total. The average molecular weight is 592 g/mol. The number of nitrogens with zero attached hydrogens (tertiary/aromatic N) is 5. The molecular formula is C34H33N5O3S. The Morgan fingerprint density at radius 3 is 2.16 bits per heavy atom. The van der Waals surface area contributed by atoms with E-state index in [-0.39, 0.29) is 5.56 Å². The largest absolute Gasteiger partial charge is 0.494 e. The summed E-state index contributed by atoms with van der Waals surface area (Å²) in [5, 5.41) is 9.43. The van der Waals surface area contributed by atoms with Crippen LogP contribution in [0.1, 0.15) is 45.1 Å². The maximum absolute atomic E-state index is 13.4. The molecule has 0 saturated carbocycles. The molecule has 0 aliphatic heterocycles. The van der Waals surface area contributed by atoms with Crippen LogP contribution in [0.3, 0.4) is 0 Å². The minimum Gasteiger partial charge on any atom is -0.494 e. The molecule has 0 atom stereocenters. The third-order valence-electron chi connectivity index (χ3n) is 6.96. The summed E-state index contributed by atoms with van der Waals surface area (Å²) in [5.74, 6) is 2.14. The molecule has 0 unspecified atom stereocenters. The average Bonchev–Trinajstić information content (AvgIpc) is 3.74. The molecule has 0 aliphatic rings.